The summed E-state index contributed by atoms with van der Waals surface area (Å²) in [5.41, 5.74) is -0.997. The predicted octanol–water partition coefficient (Wildman–Crippen LogP) is 4.36. The fourth-order valence-corrected chi connectivity index (χ4v) is 1.62. The Morgan fingerprint density at radius 3 is 2.00 bits per heavy atom. The van der Waals surface area contributed by atoms with Crippen molar-refractivity contribution >= 4 is 0 Å². The highest BCUT2D eigenvalue weighted by Gasteiger charge is 2.30. The first-order valence-electron chi connectivity index (χ1n) is 5.14. The van der Waals surface area contributed by atoms with Crippen LogP contribution in [0.15, 0.2) is 36.4 Å². The molecular weight excluding hydrogens is 267 g/mol. The summed E-state index contributed by atoms with van der Waals surface area (Å²) < 4.78 is 63.2. The molecule has 0 unspecified atom stereocenters. The molecule has 0 aromatic heterocycles. The lowest BCUT2D eigenvalue weighted by molar-refractivity contribution is -0.137. The van der Waals surface area contributed by atoms with Crippen LogP contribution in [-0.2, 0) is 6.18 Å². The van der Waals surface area contributed by atoms with Gasteiger partial charge in [0.2, 0.25) is 0 Å². The zero-order valence-corrected chi connectivity index (χ0v) is 9.30. The smallest absolute Gasteiger partial charge is 0.416 e. The Balaban J connectivity index is 2.49. The summed E-state index contributed by atoms with van der Waals surface area (Å²) >= 11 is 0. The van der Waals surface area contributed by atoms with E-state index in [9.17, 15) is 27.1 Å². The van der Waals surface area contributed by atoms with E-state index in [1.807, 2.05) is 0 Å². The Hall–Kier alpha value is -2.11. The van der Waals surface area contributed by atoms with Crippen LogP contribution >= 0.6 is 0 Å². The van der Waals surface area contributed by atoms with E-state index in [2.05, 4.69) is 0 Å². The minimum atomic E-state index is -4.49. The molecular formula is C13H7F5O. The monoisotopic (exact) mass is 274 g/mol. The second kappa shape index (κ2) is 4.53. The summed E-state index contributed by atoms with van der Waals surface area (Å²) in [7, 11) is 0. The Morgan fingerprint density at radius 2 is 1.47 bits per heavy atom. The van der Waals surface area contributed by atoms with Crippen LogP contribution in [0.25, 0.3) is 11.1 Å². The standard InChI is InChI=1S/C13H7F5O/c14-9-5-10(12(19)11(15)6-9)7-1-3-8(4-2-7)13(16,17)18/h1-6,19H. The quantitative estimate of drug-likeness (QED) is 0.766. The van der Waals surface area contributed by atoms with Crippen molar-refractivity contribution in [3.05, 3.63) is 53.6 Å². The van der Waals surface area contributed by atoms with E-state index in [0.29, 0.717) is 6.07 Å². The van der Waals surface area contributed by atoms with E-state index in [1.165, 1.54) is 0 Å². The number of benzene rings is 2. The molecule has 0 spiro atoms. The molecule has 0 amide bonds. The van der Waals surface area contributed by atoms with Gasteiger partial charge in [-0.3, -0.25) is 0 Å². The maximum Gasteiger partial charge on any atom is 0.416 e. The van der Waals surface area contributed by atoms with Gasteiger partial charge in [-0.25, -0.2) is 8.78 Å². The lowest BCUT2D eigenvalue weighted by atomic mass is 10.0. The molecule has 1 N–H and O–H groups in total. The fourth-order valence-electron chi connectivity index (χ4n) is 1.62. The third-order valence-corrected chi connectivity index (χ3v) is 2.55. The highest BCUT2D eigenvalue weighted by molar-refractivity contribution is 5.70. The zero-order valence-electron chi connectivity index (χ0n) is 9.30. The van der Waals surface area contributed by atoms with Gasteiger partial charge in [-0.05, 0) is 23.8 Å². The Morgan fingerprint density at radius 1 is 0.895 bits per heavy atom. The number of hydrogen-bond donors (Lipinski definition) is 1. The molecule has 0 saturated heterocycles. The van der Waals surface area contributed by atoms with Gasteiger partial charge < -0.3 is 5.11 Å². The molecule has 100 valence electrons. The van der Waals surface area contributed by atoms with Crippen molar-refractivity contribution in [2.75, 3.05) is 0 Å². The van der Waals surface area contributed by atoms with Crippen LogP contribution in [0.4, 0.5) is 22.0 Å². The van der Waals surface area contributed by atoms with Gasteiger partial charge in [-0.15, -0.1) is 0 Å². The molecule has 1 nitrogen and oxygen atoms in total. The molecule has 6 heteroatoms. The molecule has 0 saturated carbocycles. The summed E-state index contributed by atoms with van der Waals surface area (Å²) in [5, 5.41) is 9.44. The highest BCUT2D eigenvalue weighted by Crippen LogP contribution is 2.35. The SMILES string of the molecule is Oc1c(F)cc(F)cc1-c1ccc(C(F)(F)F)cc1. The normalized spacial score (nSPS) is 11.6. The number of hydrogen-bond acceptors (Lipinski definition) is 1. The molecule has 2 rings (SSSR count). The first-order chi connectivity index (χ1) is 8.79. The summed E-state index contributed by atoms with van der Waals surface area (Å²) in [6.45, 7) is 0. The molecule has 2 aromatic carbocycles. The summed E-state index contributed by atoms with van der Waals surface area (Å²) in [5.74, 6) is -2.90. The van der Waals surface area contributed by atoms with Crippen LogP contribution in [0.5, 0.6) is 5.75 Å². The molecule has 0 radical (unpaired) electrons. The van der Waals surface area contributed by atoms with E-state index < -0.39 is 29.1 Å². The van der Waals surface area contributed by atoms with Gasteiger partial charge in [0.25, 0.3) is 0 Å². The zero-order chi connectivity index (χ0) is 14.2. The van der Waals surface area contributed by atoms with Crippen molar-refractivity contribution in [2.45, 2.75) is 6.18 Å². The third-order valence-electron chi connectivity index (χ3n) is 2.55. The van der Waals surface area contributed by atoms with Gasteiger partial charge in [0.15, 0.2) is 11.6 Å². The number of rotatable bonds is 1. The van der Waals surface area contributed by atoms with Crippen molar-refractivity contribution in [2.24, 2.45) is 0 Å². The van der Waals surface area contributed by atoms with Gasteiger partial charge in [0.05, 0.1) is 5.56 Å². The second-order valence-electron chi connectivity index (χ2n) is 3.86. The minimum absolute atomic E-state index is 0.0869. The predicted molar refractivity (Wildman–Crippen MR) is 58.5 cm³/mol. The summed E-state index contributed by atoms with van der Waals surface area (Å²) in [6.07, 6.45) is -4.49. The first-order valence-corrected chi connectivity index (χ1v) is 5.14. The molecule has 0 aliphatic heterocycles. The maximum atomic E-state index is 13.1. The number of alkyl halides is 3. The van der Waals surface area contributed by atoms with Crippen LogP contribution in [0, 0.1) is 11.6 Å². The van der Waals surface area contributed by atoms with E-state index in [-0.39, 0.29) is 11.1 Å². The number of phenolic OH excluding ortho intramolecular Hbond substituents is 1. The number of phenols is 1. The van der Waals surface area contributed by atoms with Crippen molar-refractivity contribution in [3.8, 4) is 16.9 Å². The minimum Gasteiger partial charge on any atom is -0.504 e. The largest absolute Gasteiger partial charge is 0.504 e. The van der Waals surface area contributed by atoms with Crippen molar-refractivity contribution in [1.29, 1.82) is 0 Å². The van der Waals surface area contributed by atoms with Crippen molar-refractivity contribution < 1.29 is 27.1 Å². The molecule has 19 heavy (non-hydrogen) atoms. The van der Waals surface area contributed by atoms with Gasteiger partial charge in [-0.1, -0.05) is 12.1 Å². The van der Waals surface area contributed by atoms with Crippen molar-refractivity contribution in [3.63, 3.8) is 0 Å². The molecule has 0 bridgehead atoms. The molecule has 0 aliphatic rings. The van der Waals surface area contributed by atoms with Crippen LogP contribution in [0.3, 0.4) is 0 Å². The molecule has 0 heterocycles. The van der Waals surface area contributed by atoms with Crippen LogP contribution in [-0.4, -0.2) is 5.11 Å². The molecule has 0 fully saturated rings. The molecule has 0 atom stereocenters. The van der Waals surface area contributed by atoms with E-state index >= 15 is 0 Å². The Kier molecular flexibility index (Phi) is 3.18. The Labute approximate surface area is 104 Å². The lowest BCUT2D eigenvalue weighted by Gasteiger charge is -2.09. The lowest BCUT2D eigenvalue weighted by Crippen LogP contribution is -2.04. The van der Waals surface area contributed by atoms with E-state index in [0.717, 1.165) is 30.3 Å². The fraction of sp³-hybridized carbons (Fsp3) is 0.0769. The summed E-state index contributed by atoms with van der Waals surface area (Å²) in [4.78, 5) is 0. The third kappa shape index (κ3) is 2.67. The maximum absolute atomic E-state index is 13.1. The van der Waals surface area contributed by atoms with Gasteiger partial charge in [0.1, 0.15) is 5.82 Å². The summed E-state index contributed by atoms with van der Waals surface area (Å²) in [6, 6.07) is 4.96. The van der Waals surface area contributed by atoms with Gasteiger partial charge >= 0.3 is 6.18 Å². The van der Waals surface area contributed by atoms with Crippen LogP contribution in [0.2, 0.25) is 0 Å². The van der Waals surface area contributed by atoms with Gasteiger partial charge in [0, 0.05) is 11.6 Å². The highest BCUT2D eigenvalue weighted by atomic mass is 19.4. The van der Waals surface area contributed by atoms with Gasteiger partial charge in [-0.2, -0.15) is 13.2 Å². The number of aromatic hydroxyl groups is 1. The first kappa shape index (κ1) is 13.3. The average Bonchev–Trinajstić information content (AvgIpc) is 2.33. The van der Waals surface area contributed by atoms with E-state index in [1.54, 1.807) is 0 Å². The van der Waals surface area contributed by atoms with Crippen LogP contribution in [0.1, 0.15) is 5.56 Å². The average molecular weight is 274 g/mol. The Bertz CT molecular complexity index is 602. The molecule has 2 aromatic rings. The van der Waals surface area contributed by atoms with E-state index in [4.69, 9.17) is 0 Å². The second-order valence-corrected chi connectivity index (χ2v) is 3.86. The molecule has 0 aliphatic carbocycles. The van der Waals surface area contributed by atoms with Crippen molar-refractivity contribution in [1.82, 2.24) is 0 Å². The van der Waals surface area contributed by atoms with Crippen LogP contribution < -0.4 is 0 Å². The topological polar surface area (TPSA) is 20.2 Å². The number of halogens is 5.